The van der Waals surface area contributed by atoms with Crippen LogP contribution in [0, 0.1) is 6.92 Å². The van der Waals surface area contributed by atoms with Gasteiger partial charge in [-0.05, 0) is 13.0 Å². The molecule has 1 aliphatic heterocycles. The Morgan fingerprint density at radius 2 is 2.15 bits per heavy atom. The Morgan fingerprint density at radius 1 is 1.46 bits per heavy atom. The van der Waals surface area contributed by atoms with Crippen LogP contribution in [0.3, 0.4) is 0 Å². The molecule has 1 aromatic rings. The minimum absolute atomic E-state index is 0.268. The molecule has 1 aromatic heterocycles. The first-order valence-electron chi connectivity index (χ1n) is 3.92. The van der Waals surface area contributed by atoms with E-state index in [1.807, 2.05) is 0 Å². The molecule has 0 spiro atoms. The fourth-order valence-corrected chi connectivity index (χ4v) is 2.02. The molecule has 1 fully saturated rings. The lowest BCUT2D eigenvalue weighted by molar-refractivity contribution is 0.542. The van der Waals surface area contributed by atoms with Crippen LogP contribution in [0.25, 0.3) is 0 Å². The highest BCUT2D eigenvalue weighted by Gasteiger charge is 2.32. The van der Waals surface area contributed by atoms with Crippen molar-refractivity contribution in [3.05, 3.63) is 17.9 Å². The fraction of sp³-hybridized carbons (Fsp3) is 0.429. The van der Waals surface area contributed by atoms with Gasteiger partial charge < -0.3 is 4.42 Å². The molecular formula is C7H10N2O3S. The van der Waals surface area contributed by atoms with Crippen molar-refractivity contribution in [3.63, 3.8) is 0 Å². The molecule has 72 valence electrons. The number of hydrogen-bond acceptors (Lipinski definition) is 3. The molecule has 0 aromatic carbocycles. The summed E-state index contributed by atoms with van der Waals surface area (Å²) in [7, 11) is -3.34. The smallest absolute Gasteiger partial charge is 0.304 e. The third-order valence-corrected chi connectivity index (χ3v) is 3.22. The van der Waals surface area contributed by atoms with Crippen LogP contribution in [0.15, 0.2) is 16.5 Å². The van der Waals surface area contributed by atoms with Crippen LogP contribution in [-0.4, -0.2) is 25.8 Å². The standard InChI is InChI=1S/C7H10N2O3S/c1-6-2-3-7(12-6)8-13(10,11)9-4-5-9/h2-3,8H,4-5H2,1H3. The summed E-state index contributed by atoms with van der Waals surface area (Å²) in [5.41, 5.74) is 0. The zero-order valence-electron chi connectivity index (χ0n) is 7.15. The van der Waals surface area contributed by atoms with Gasteiger partial charge in [0.05, 0.1) is 0 Å². The SMILES string of the molecule is Cc1ccc(NS(=O)(=O)N2CC2)o1. The summed E-state index contributed by atoms with van der Waals surface area (Å²) in [5.74, 6) is 0.952. The van der Waals surface area contributed by atoms with Crippen LogP contribution in [0.2, 0.25) is 0 Å². The summed E-state index contributed by atoms with van der Waals surface area (Å²) in [6.07, 6.45) is 0. The fourth-order valence-electron chi connectivity index (χ4n) is 0.962. The topological polar surface area (TPSA) is 62.3 Å². The monoisotopic (exact) mass is 202 g/mol. The van der Waals surface area contributed by atoms with Crippen molar-refractivity contribution in [2.45, 2.75) is 6.92 Å². The number of nitrogens with one attached hydrogen (secondary N) is 1. The first-order chi connectivity index (χ1) is 6.08. The lowest BCUT2D eigenvalue weighted by atomic mass is 10.5. The van der Waals surface area contributed by atoms with Crippen LogP contribution >= 0.6 is 0 Å². The molecule has 1 N–H and O–H groups in total. The van der Waals surface area contributed by atoms with E-state index in [-0.39, 0.29) is 5.88 Å². The maximum Gasteiger partial charge on any atom is 0.304 e. The summed E-state index contributed by atoms with van der Waals surface area (Å²) in [4.78, 5) is 0. The predicted molar refractivity (Wildman–Crippen MR) is 47.6 cm³/mol. The van der Waals surface area contributed by atoms with E-state index in [2.05, 4.69) is 4.72 Å². The lowest BCUT2D eigenvalue weighted by Crippen LogP contribution is -2.20. The highest BCUT2D eigenvalue weighted by Crippen LogP contribution is 2.18. The first kappa shape index (κ1) is 8.58. The Hall–Kier alpha value is -1.01. The number of anilines is 1. The molecule has 0 saturated carbocycles. The normalized spacial score (nSPS) is 17.3. The summed E-state index contributed by atoms with van der Waals surface area (Å²) < 4.78 is 31.4. The van der Waals surface area contributed by atoms with Crippen LogP contribution in [0.5, 0.6) is 0 Å². The summed E-state index contributed by atoms with van der Waals surface area (Å²) in [6.45, 7) is 2.94. The summed E-state index contributed by atoms with van der Waals surface area (Å²) in [5, 5.41) is 0. The predicted octanol–water partition coefficient (Wildman–Crippen LogP) is 0.560. The molecule has 1 aliphatic rings. The van der Waals surface area contributed by atoms with Gasteiger partial charge in [0.25, 0.3) is 0 Å². The van der Waals surface area contributed by atoms with Crippen molar-refractivity contribution in [1.29, 1.82) is 0 Å². The van der Waals surface area contributed by atoms with E-state index in [0.29, 0.717) is 18.8 Å². The van der Waals surface area contributed by atoms with Gasteiger partial charge in [-0.15, -0.1) is 0 Å². The molecular weight excluding hydrogens is 192 g/mol. The molecule has 2 heterocycles. The van der Waals surface area contributed by atoms with E-state index in [1.165, 1.54) is 4.31 Å². The van der Waals surface area contributed by atoms with Gasteiger partial charge in [-0.3, -0.25) is 0 Å². The average Bonchev–Trinajstić information content (AvgIpc) is 2.78. The van der Waals surface area contributed by atoms with Crippen molar-refractivity contribution >= 4 is 16.1 Å². The van der Waals surface area contributed by atoms with Gasteiger partial charge in [0.2, 0.25) is 5.88 Å². The molecule has 13 heavy (non-hydrogen) atoms. The minimum atomic E-state index is -3.34. The highest BCUT2D eigenvalue weighted by atomic mass is 32.2. The second-order valence-corrected chi connectivity index (χ2v) is 4.59. The Balaban J connectivity index is 2.13. The van der Waals surface area contributed by atoms with Gasteiger partial charge >= 0.3 is 10.2 Å². The maximum atomic E-state index is 11.3. The molecule has 5 nitrogen and oxygen atoms in total. The third kappa shape index (κ3) is 1.84. The molecule has 0 atom stereocenters. The van der Waals surface area contributed by atoms with Gasteiger partial charge in [0, 0.05) is 19.2 Å². The molecule has 0 unspecified atom stereocenters. The lowest BCUT2D eigenvalue weighted by Gasteiger charge is -2.03. The molecule has 0 radical (unpaired) electrons. The van der Waals surface area contributed by atoms with Crippen molar-refractivity contribution in [2.75, 3.05) is 17.8 Å². The van der Waals surface area contributed by atoms with Gasteiger partial charge in [-0.2, -0.15) is 12.7 Å². The van der Waals surface area contributed by atoms with Crippen LogP contribution in [0.4, 0.5) is 5.88 Å². The van der Waals surface area contributed by atoms with Crippen LogP contribution in [-0.2, 0) is 10.2 Å². The van der Waals surface area contributed by atoms with Crippen molar-refractivity contribution in [3.8, 4) is 0 Å². The average molecular weight is 202 g/mol. The second kappa shape index (κ2) is 2.74. The number of aryl methyl sites for hydroxylation is 1. The van der Waals surface area contributed by atoms with E-state index < -0.39 is 10.2 Å². The summed E-state index contributed by atoms with van der Waals surface area (Å²) >= 11 is 0. The van der Waals surface area contributed by atoms with Crippen molar-refractivity contribution < 1.29 is 12.8 Å². The Bertz CT molecular complexity index is 405. The van der Waals surface area contributed by atoms with Crippen molar-refractivity contribution in [1.82, 2.24) is 4.31 Å². The van der Waals surface area contributed by atoms with Crippen LogP contribution in [0.1, 0.15) is 5.76 Å². The zero-order valence-corrected chi connectivity index (χ0v) is 7.97. The zero-order chi connectivity index (χ0) is 9.47. The quantitative estimate of drug-likeness (QED) is 0.728. The van der Waals surface area contributed by atoms with Gasteiger partial charge in [0.15, 0.2) is 0 Å². The number of hydrogen-bond donors (Lipinski definition) is 1. The molecule has 1 saturated heterocycles. The largest absolute Gasteiger partial charge is 0.445 e. The molecule has 6 heteroatoms. The van der Waals surface area contributed by atoms with Gasteiger partial charge in [0.1, 0.15) is 5.76 Å². The molecule has 0 aliphatic carbocycles. The maximum absolute atomic E-state index is 11.3. The molecule has 0 bridgehead atoms. The van der Waals surface area contributed by atoms with Gasteiger partial charge in [-0.25, -0.2) is 4.72 Å². The van der Waals surface area contributed by atoms with E-state index in [9.17, 15) is 8.42 Å². The Morgan fingerprint density at radius 3 is 2.62 bits per heavy atom. The number of nitrogens with zero attached hydrogens (tertiary/aromatic N) is 1. The molecule has 2 rings (SSSR count). The van der Waals surface area contributed by atoms with Crippen LogP contribution < -0.4 is 4.72 Å². The Labute approximate surface area is 76.5 Å². The Kier molecular flexibility index (Phi) is 1.81. The van der Waals surface area contributed by atoms with E-state index >= 15 is 0 Å². The van der Waals surface area contributed by atoms with E-state index in [1.54, 1.807) is 19.1 Å². The number of rotatable bonds is 3. The molecule has 0 amide bonds. The second-order valence-electron chi connectivity index (χ2n) is 2.92. The van der Waals surface area contributed by atoms with E-state index in [0.717, 1.165) is 0 Å². The van der Waals surface area contributed by atoms with E-state index in [4.69, 9.17) is 4.42 Å². The highest BCUT2D eigenvalue weighted by molar-refractivity contribution is 7.90. The third-order valence-electron chi connectivity index (χ3n) is 1.72. The number of furan rings is 1. The first-order valence-corrected chi connectivity index (χ1v) is 5.36. The minimum Gasteiger partial charge on any atom is -0.445 e. The van der Waals surface area contributed by atoms with Crippen molar-refractivity contribution in [2.24, 2.45) is 0 Å². The van der Waals surface area contributed by atoms with Gasteiger partial charge in [-0.1, -0.05) is 0 Å². The summed E-state index contributed by atoms with van der Waals surface area (Å²) in [6, 6.07) is 3.30.